The lowest BCUT2D eigenvalue weighted by atomic mass is 10.1. The van der Waals surface area contributed by atoms with Gasteiger partial charge in [0.15, 0.2) is 5.69 Å². The van der Waals surface area contributed by atoms with Gasteiger partial charge in [0.25, 0.3) is 17.0 Å². The van der Waals surface area contributed by atoms with Gasteiger partial charge in [-0.25, -0.2) is 9.67 Å². The van der Waals surface area contributed by atoms with Gasteiger partial charge in [0.2, 0.25) is 0 Å². The Kier molecular flexibility index (Phi) is 5.47. The molecule has 1 amide bonds. The highest BCUT2D eigenvalue weighted by Gasteiger charge is 2.21. The molecule has 168 valence electrons. The molecule has 0 spiro atoms. The summed E-state index contributed by atoms with van der Waals surface area (Å²) in [6.07, 6.45) is 0. The smallest absolute Gasteiger partial charge is 0.275 e. The maximum absolute atomic E-state index is 13.5. The molecule has 8 nitrogen and oxygen atoms in total. The molecule has 8 heteroatoms. The minimum absolute atomic E-state index is 0.0761. The molecule has 2 aromatic heterocycles. The second kappa shape index (κ2) is 8.74. The summed E-state index contributed by atoms with van der Waals surface area (Å²) in [5.74, 6) is -0.0183. The number of aromatic nitrogens is 4. The van der Waals surface area contributed by atoms with Crippen LogP contribution in [0.4, 0.5) is 0 Å². The van der Waals surface area contributed by atoms with Crippen LogP contribution in [0.15, 0.2) is 88.5 Å². The Balaban J connectivity index is 1.53. The summed E-state index contributed by atoms with van der Waals surface area (Å²) in [5.41, 5.74) is 1.09. The highest BCUT2D eigenvalue weighted by molar-refractivity contribution is 6.04. The maximum Gasteiger partial charge on any atom is 0.275 e. The molecule has 0 unspecified atom stereocenters. The number of rotatable bonds is 5. The minimum Gasteiger partial charge on any atom is -0.333 e. The van der Waals surface area contributed by atoms with Crippen LogP contribution in [0, 0.1) is 0 Å². The monoisotopic (exact) mass is 451 g/mol. The van der Waals surface area contributed by atoms with Crippen LogP contribution in [0.25, 0.3) is 21.7 Å². The van der Waals surface area contributed by atoms with Crippen LogP contribution in [0.1, 0.15) is 21.9 Å². The maximum atomic E-state index is 13.5. The molecule has 5 rings (SSSR count). The Morgan fingerprint density at radius 3 is 2.29 bits per heavy atom. The molecule has 5 aromatic rings. The molecular weight excluding hydrogens is 430 g/mol. The van der Waals surface area contributed by atoms with Gasteiger partial charge in [0, 0.05) is 12.4 Å². The number of hydrogen-bond acceptors (Lipinski definition) is 5. The topological polar surface area (TPSA) is 101 Å². The number of amides is 1. The van der Waals surface area contributed by atoms with E-state index < -0.39 is 0 Å². The molecule has 0 radical (unpaired) electrons. The van der Waals surface area contributed by atoms with Gasteiger partial charge in [-0.15, -0.1) is 0 Å². The largest absolute Gasteiger partial charge is 0.333 e. The zero-order valence-electron chi connectivity index (χ0n) is 18.4. The van der Waals surface area contributed by atoms with E-state index in [9.17, 15) is 14.4 Å². The van der Waals surface area contributed by atoms with E-state index in [-0.39, 0.29) is 35.8 Å². The number of aromatic amines is 1. The van der Waals surface area contributed by atoms with E-state index in [1.807, 2.05) is 30.3 Å². The van der Waals surface area contributed by atoms with E-state index in [1.54, 1.807) is 55.6 Å². The summed E-state index contributed by atoms with van der Waals surface area (Å²) in [4.78, 5) is 47.6. The molecule has 0 aliphatic heterocycles. The summed E-state index contributed by atoms with van der Waals surface area (Å²) in [6, 6.07) is 23.4. The van der Waals surface area contributed by atoms with Gasteiger partial charge in [0.05, 0.1) is 29.4 Å². The van der Waals surface area contributed by atoms with Crippen molar-refractivity contribution in [2.24, 2.45) is 0 Å². The lowest BCUT2D eigenvalue weighted by Gasteiger charge is -2.18. The van der Waals surface area contributed by atoms with Crippen LogP contribution in [0.5, 0.6) is 0 Å². The van der Waals surface area contributed by atoms with Crippen molar-refractivity contribution in [2.75, 3.05) is 7.05 Å². The second-order valence-electron chi connectivity index (χ2n) is 8.03. The van der Waals surface area contributed by atoms with E-state index in [1.165, 1.54) is 9.58 Å². The van der Waals surface area contributed by atoms with Crippen molar-refractivity contribution in [3.05, 3.63) is 117 Å². The molecule has 3 aromatic carbocycles. The van der Waals surface area contributed by atoms with E-state index >= 15 is 0 Å². The van der Waals surface area contributed by atoms with Crippen LogP contribution >= 0.6 is 0 Å². The fraction of sp³-hybridized carbons (Fsp3) is 0.115. The molecule has 1 N–H and O–H groups in total. The second-order valence-corrected chi connectivity index (χ2v) is 8.03. The van der Waals surface area contributed by atoms with Gasteiger partial charge >= 0.3 is 0 Å². The average molecular weight is 451 g/mol. The van der Waals surface area contributed by atoms with Crippen molar-refractivity contribution in [1.29, 1.82) is 0 Å². The number of H-pyrrole nitrogens is 1. The van der Waals surface area contributed by atoms with Crippen molar-refractivity contribution >= 4 is 27.6 Å². The summed E-state index contributed by atoms with van der Waals surface area (Å²) in [5, 5.41) is 5.83. The molecule has 0 aliphatic rings. The predicted octanol–water partition coefficient (Wildman–Crippen LogP) is 2.95. The SMILES string of the molecule is CN(Cc1nc2ccccc2c(=O)[nH]1)C(=O)c1nn(Cc2ccccc2)c(=O)c2ccccc12. The van der Waals surface area contributed by atoms with Crippen LogP contribution in [0.2, 0.25) is 0 Å². The highest BCUT2D eigenvalue weighted by atomic mass is 16.2. The van der Waals surface area contributed by atoms with Crippen molar-refractivity contribution in [3.8, 4) is 0 Å². The van der Waals surface area contributed by atoms with Gasteiger partial charge in [0.1, 0.15) is 5.82 Å². The van der Waals surface area contributed by atoms with Gasteiger partial charge in [-0.3, -0.25) is 14.4 Å². The summed E-state index contributed by atoms with van der Waals surface area (Å²) in [6.45, 7) is 0.320. The van der Waals surface area contributed by atoms with Crippen molar-refractivity contribution in [3.63, 3.8) is 0 Å². The van der Waals surface area contributed by atoms with Gasteiger partial charge < -0.3 is 9.88 Å². The van der Waals surface area contributed by atoms with Crippen molar-refractivity contribution in [1.82, 2.24) is 24.6 Å². The van der Waals surface area contributed by atoms with Gasteiger partial charge in [-0.2, -0.15) is 5.10 Å². The van der Waals surface area contributed by atoms with Gasteiger partial charge in [-0.1, -0.05) is 60.7 Å². The Labute approximate surface area is 194 Å². The van der Waals surface area contributed by atoms with Crippen molar-refractivity contribution < 1.29 is 4.79 Å². The van der Waals surface area contributed by atoms with E-state index in [0.29, 0.717) is 27.5 Å². The number of benzene rings is 3. The first kappa shape index (κ1) is 21.3. The predicted molar refractivity (Wildman–Crippen MR) is 130 cm³/mol. The molecule has 0 atom stereocenters. The molecule has 0 aliphatic carbocycles. The Hall–Kier alpha value is -4.59. The first-order valence-corrected chi connectivity index (χ1v) is 10.8. The third kappa shape index (κ3) is 3.97. The standard InChI is InChI=1S/C26H21N5O3/c1-30(16-22-27-21-14-8-7-13-20(21)24(32)28-22)26(34)23-18-11-5-6-12-19(18)25(33)31(29-23)15-17-9-3-2-4-10-17/h2-14H,15-16H2,1H3,(H,27,28,32). The minimum atomic E-state index is -0.381. The van der Waals surface area contributed by atoms with Gasteiger partial charge in [-0.05, 0) is 23.8 Å². The number of hydrogen-bond donors (Lipinski definition) is 1. The normalized spacial score (nSPS) is 11.1. The highest BCUT2D eigenvalue weighted by Crippen LogP contribution is 2.16. The third-order valence-corrected chi connectivity index (χ3v) is 5.64. The number of fused-ring (bicyclic) bond motifs is 2. The lowest BCUT2D eigenvalue weighted by Crippen LogP contribution is -2.33. The molecule has 0 bridgehead atoms. The van der Waals surface area contributed by atoms with Crippen LogP contribution < -0.4 is 11.1 Å². The number of para-hydroxylation sites is 1. The molecule has 2 heterocycles. The van der Waals surface area contributed by atoms with E-state index in [2.05, 4.69) is 15.1 Å². The number of carbonyl (C=O) groups is 1. The fourth-order valence-electron chi connectivity index (χ4n) is 3.94. The zero-order valence-corrected chi connectivity index (χ0v) is 18.4. The Bertz CT molecular complexity index is 1640. The molecular formula is C26H21N5O3. The molecule has 0 fully saturated rings. The first-order valence-electron chi connectivity index (χ1n) is 10.8. The lowest BCUT2D eigenvalue weighted by molar-refractivity contribution is 0.0775. The molecule has 0 saturated heterocycles. The Morgan fingerprint density at radius 1 is 0.882 bits per heavy atom. The Morgan fingerprint density at radius 2 is 1.53 bits per heavy atom. The van der Waals surface area contributed by atoms with Crippen molar-refractivity contribution in [2.45, 2.75) is 13.1 Å². The van der Waals surface area contributed by atoms with Crippen LogP contribution in [-0.4, -0.2) is 37.6 Å². The first-order chi connectivity index (χ1) is 16.5. The quantitative estimate of drug-likeness (QED) is 0.443. The van der Waals surface area contributed by atoms with E-state index in [4.69, 9.17) is 0 Å². The van der Waals surface area contributed by atoms with Crippen LogP contribution in [-0.2, 0) is 13.1 Å². The molecule has 0 saturated carbocycles. The average Bonchev–Trinajstić information content (AvgIpc) is 2.86. The van der Waals surface area contributed by atoms with E-state index in [0.717, 1.165) is 5.56 Å². The number of carbonyl (C=O) groups excluding carboxylic acids is 1. The zero-order chi connectivity index (χ0) is 23.7. The fourth-order valence-corrected chi connectivity index (χ4v) is 3.94. The third-order valence-electron chi connectivity index (χ3n) is 5.64. The summed E-state index contributed by atoms with van der Waals surface area (Å²) >= 11 is 0. The number of nitrogens with zero attached hydrogens (tertiary/aromatic N) is 4. The summed E-state index contributed by atoms with van der Waals surface area (Å²) < 4.78 is 1.31. The summed E-state index contributed by atoms with van der Waals surface area (Å²) in [7, 11) is 1.61. The number of nitrogens with one attached hydrogen (secondary N) is 1. The van der Waals surface area contributed by atoms with Crippen LogP contribution in [0.3, 0.4) is 0 Å². The molecule has 34 heavy (non-hydrogen) atoms.